The summed E-state index contributed by atoms with van der Waals surface area (Å²) < 4.78 is 0. The number of carbonyl (C=O) groups is 1. The second kappa shape index (κ2) is 4.72. The highest BCUT2D eigenvalue weighted by molar-refractivity contribution is 5.84. The van der Waals surface area contributed by atoms with Crippen molar-refractivity contribution < 1.29 is 4.79 Å². The summed E-state index contributed by atoms with van der Waals surface area (Å²) in [6.07, 6.45) is 3.55. The first-order valence-corrected chi connectivity index (χ1v) is 4.56. The van der Waals surface area contributed by atoms with Gasteiger partial charge in [-0.25, -0.2) is 0 Å². The molecule has 0 fully saturated rings. The van der Waals surface area contributed by atoms with E-state index >= 15 is 0 Å². The lowest BCUT2D eigenvalue weighted by atomic mass is 10.00. The topological polar surface area (TPSA) is 82.0 Å². The van der Waals surface area contributed by atoms with Crippen molar-refractivity contribution in [2.24, 2.45) is 11.7 Å². The molecule has 0 spiro atoms. The van der Waals surface area contributed by atoms with Crippen LogP contribution in [-0.2, 0) is 11.2 Å². The zero-order chi connectivity index (χ0) is 10.6. The Morgan fingerprint density at radius 1 is 1.64 bits per heavy atom. The molecule has 1 heterocycles. The van der Waals surface area contributed by atoms with Crippen molar-refractivity contribution in [3.8, 4) is 0 Å². The number of rotatable bonds is 4. The van der Waals surface area contributed by atoms with Gasteiger partial charge in [0.15, 0.2) is 0 Å². The van der Waals surface area contributed by atoms with Gasteiger partial charge in [0.2, 0.25) is 0 Å². The predicted molar refractivity (Wildman–Crippen MR) is 55.6 cm³/mol. The Kier molecular flexibility index (Phi) is 3.59. The third-order valence-electron chi connectivity index (χ3n) is 2.21. The zero-order valence-corrected chi connectivity index (χ0v) is 8.23. The van der Waals surface area contributed by atoms with E-state index in [1.54, 1.807) is 18.5 Å². The third-order valence-corrected chi connectivity index (χ3v) is 2.21. The average Bonchev–Trinajstić information content (AvgIpc) is 2.20. The summed E-state index contributed by atoms with van der Waals surface area (Å²) in [5.41, 5.74) is 12.5. The SMILES string of the molecule is CC(CN)C(=O)Cc1cnccc1N. The van der Waals surface area contributed by atoms with E-state index in [4.69, 9.17) is 11.5 Å². The Balaban J connectivity index is 2.70. The highest BCUT2D eigenvalue weighted by Crippen LogP contribution is 2.11. The van der Waals surface area contributed by atoms with Crippen LogP contribution in [-0.4, -0.2) is 17.3 Å². The van der Waals surface area contributed by atoms with Gasteiger partial charge >= 0.3 is 0 Å². The van der Waals surface area contributed by atoms with E-state index in [1.165, 1.54) is 0 Å². The van der Waals surface area contributed by atoms with Gasteiger partial charge in [0.05, 0.1) is 0 Å². The van der Waals surface area contributed by atoms with E-state index in [2.05, 4.69) is 4.98 Å². The maximum atomic E-state index is 11.5. The van der Waals surface area contributed by atoms with Gasteiger partial charge < -0.3 is 11.5 Å². The van der Waals surface area contributed by atoms with Crippen LogP contribution in [0.25, 0.3) is 0 Å². The summed E-state index contributed by atoms with van der Waals surface area (Å²) in [4.78, 5) is 15.5. The molecule has 4 nitrogen and oxygen atoms in total. The van der Waals surface area contributed by atoms with Gasteiger partial charge in [-0.1, -0.05) is 6.92 Å². The number of ketones is 1. The second-order valence-corrected chi connectivity index (χ2v) is 3.35. The minimum absolute atomic E-state index is 0.104. The van der Waals surface area contributed by atoms with Gasteiger partial charge in [-0.15, -0.1) is 0 Å². The molecule has 76 valence electrons. The number of hydrogen-bond donors (Lipinski definition) is 2. The Hall–Kier alpha value is -1.42. The van der Waals surface area contributed by atoms with Crippen LogP contribution >= 0.6 is 0 Å². The maximum Gasteiger partial charge on any atom is 0.141 e. The van der Waals surface area contributed by atoms with Crippen LogP contribution in [0.5, 0.6) is 0 Å². The monoisotopic (exact) mass is 193 g/mol. The fourth-order valence-electron chi connectivity index (χ4n) is 1.08. The molecule has 0 amide bonds. The van der Waals surface area contributed by atoms with Crippen LogP contribution in [0.2, 0.25) is 0 Å². The number of anilines is 1. The largest absolute Gasteiger partial charge is 0.398 e. The minimum Gasteiger partial charge on any atom is -0.398 e. The number of nitrogens with two attached hydrogens (primary N) is 2. The van der Waals surface area contributed by atoms with Crippen LogP contribution in [0, 0.1) is 5.92 Å². The van der Waals surface area contributed by atoms with Crippen LogP contribution in [0.1, 0.15) is 12.5 Å². The molecule has 0 aliphatic carbocycles. The molecule has 0 saturated heterocycles. The van der Waals surface area contributed by atoms with Gasteiger partial charge in [0.25, 0.3) is 0 Å². The molecule has 4 heteroatoms. The summed E-state index contributed by atoms with van der Waals surface area (Å²) in [6, 6.07) is 1.69. The summed E-state index contributed by atoms with van der Waals surface area (Å²) in [6.45, 7) is 2.19. The number of hydrogen-bond acceptors (Lipinski definition) is 4. The lowest BCUT2D eigenvalue weighted by Crippen LogP contribution is -2.22. The molecule has 1 aromatic heterocycles. The first kappa shape index (κ1) is 10.7. The van der Waals surface area contributed by atoms with Gasteiger partial charge in [-0.3, -0.25) is 9.78 Å². The molecule has 4 N–H and O–H groups in total. The molecular weight excluding hydrogens is 178 g/mol. The van der Waals surface area contributed by atoms with Crippen molar-refractivity contribution in [3.05, 3.63) is 24.0 Å². The highest BCUT2D eigenvalue weighted by atomic mass is 16.1. The van der Waals surface area contributed by atoms with Gasteiger partial charge in [0, 0.05) is 42.5 Å². The Bertz CT molecular complexity index is 325. The van der Waals surface area contributed by atoms with Gasteiger partial charge in [-0.2, -0.15) is 0 Å². The molecule has 0 aliphatic rings. The number of nitrogens with zero attached hydrogens (tertiary/aromatic N) is 1. The summed E-state index contributed by atoms with van der Waals surface area (Å²) in [5, 5.41) is 0. The van der Waals surface area contributed by atoms with Gasteiger partial charge in [0.1, 0.15) is 5.78 Å². The van der Waals surface area contributed by atoms with E-state index in [0.29, 0.717) is 18.7 Å². The average molecular weight is 193 g/mol. The number of aromatic nitrogens is 1. The summed E-state index contributed by atoms with van der Waals surface area (Å²) in [7, 11) is 0. The van der Waals surface area contributed by atoms with E-state index in [1.807, 2.05) is 6.92 Å². The van der Waals surface area contributed by atoms with Crippen molar-refractivity contribution in [1.29, 1.82) is 0 Å². The van der Waals surface area contributed by atoms with E-state index < -0.39 is 0 Å². The summed E-state index contributed by atoms with van der Waals surface area (Å²) in [5.74, 6) is -0.0122. The number of carbonyl (C=O) groups excluding carboxylic acids is 1. The molecule has 0 radical (unpaired) electrons. The Morgan fingerprint density at radius 2 is 2.36 bits per heavy atom. The number of nitrogen functional groups attached to an aromatic ring is 1. The molecule has 0 bridgehead atoms. The quantitative estimate of drug-likeness (QED) is 0.723. The molecule has 1 unspecified atom stereocenters. The van der Waals surface area contributed by atoms with E-state index in [9.17, 15) is 4.79 Å². The molecule has 14 heavy (non-hydrogen) atoms. The predicted octanol–water partition coefficient (Wildman–Crippen LogP) is 0.370. The second-order valence-electron chi connectivity index (χ2n) is 3.35. The van der Waals surface area contributed by atoms with Crippen LogP contribution in [0.3, 0.4) is 0 Å². The van der Waals surface area contributed by atoms with E-state index in [-0.39, 0.29) is 11.7 Å². The van der Waals surface area contributed by atoms with Crippen molar-refractivity contribution in [1.82, 2.24) is 4.98 Å². The molecule has 0 saturated carbocycles. The molecule has 1 aromatic rings. The normalized spacial score (nSPS) is 12.4. The fourth-order valence-corrected chi connectivity index (χ4v) is 1.08. The van der Waals surface area contributed by atoms with Crippen molar-refractivity contribution in [3.63, 3.8) is 0 Å². The number of pyridine rings is 1. The third kappa shape index (κ3) is 2.53. The minimum atomic E-state index is -0.116. The fraction of sp³-hybridized carbons (Fsp3) is 0.400. The molecule has 1 atom stereocenters. The molecule has 0 aromatic carbocycles. The van der Waals surface area contributed by atoms with Gasteiger partial charge in [-0.05, 0) is 6.07 Å². The standard InChI is InChI=1S/C10H15N3O/c1-7(5-11)10(14)4-8-6-13-3-2-9(8)12/h2-3,6-7H,4-5,11H2,1H3,(H2,12,13). The van der Waals surface area contributed by atoms with Crippen molar-refractivity contribution in [2.45, 2.75) is 13.3 Å². The first-order valence-electron chi connectivity index (χ1n) is 4.56. The Morgan fingerprint density at radius 3 is 2.93 bits per heavy atom. The van der Waals surface area contributed by atoms with Crippen LogP contribution in [0.4, 0.5) is 5.69 Å². The molecule has 0 aliphatic heterocycles. The lowest BCUT2D eigenvalue weighted by Gasteiger charge is -2.08. The van der Waals surface area contributed by atoms with Crippen LogP contribution < -0.4 is 11.5 Å². The number of Topliss-reactive ketones (excluding diaryl/α,β-unsaturated/α-hetero) is 1. The zero-order valence-electron chi connectivity index (χ0n) is 8.23. The lowest BCUT2D eigenvalue weighted by molar-refractivity contribution is -0.121. The smallest absolute Gasteiger partial charge is 0.141 e. The highest BCUT2D eigenvalue weighted by Gasteiger charge is 2.12. The maximum absolute atomic E-state index is 11.5. The first-order chi connectivity index (χ1) is 6.65. The summed E-state index contributed by atoms with van der Waals surface area (Å²) >= 11 is 0. The molecule has 1 rings (SSSR count). The van der Waals surface area contributed by atoms with Crippen molar-refractivity contribution in [2.75, 3.05) is 12.3 Å². The van der Waals surface area contributed by atoms with Crippen LogP contribution in [0.15, 0.2) is 18.5 Å². The molecular formula is C10H15N3O. The Labute approximate surface area is 83.3 Å². The van der Waals surface area contributed by atoms with Crippen molar-refractivity contribution >= 4 is 11.5 Å². The van der Waals surface area contributed by atoms with E-state index in [0.717, 1.165) is 5.56 Å².